The number of nitrogens with zero attached hydrogens (tertiary/aromatic N) is 2. The van der Waals surface area contributed by atoms with Gasteiger partial charge in [0.15, 0.2) is 0 Å². The van der Waals surface area contributed by atoms with Crippen LogP contribution in [0.5, 0.6) is 0 Å². The van der Waals surface area contributed by atoms with Crippen molar-refractivity contribution in [2.45, 2.75) is 48.2 Å². The van der Waals surface area contributed by atoms with Crippen molar-refractivity contribution in [1.29, 1.82) is 5.26 Å². The number of nitriles is 1. The predicted octanol–water partition coefficient (Wildman–Crippen LogP) is 2.18. The van der Waals surface area contributed by atoms with Crippen molar-refractivity contribution < 1.29 is 5.11 Å². The zero-order valence-electron chi connectivity index (χ0n) is 13.0. The van der Waals surface area contributed by atoms with E-state index in [0.29, 0.717) is 6.04 Å². The van der Waals surface area contributed by atoms with Crippen molar-refractivity contribution in [1.82, 2.24) is 15.8 Å². The van der Waals surface area contributed by atoms with Crippen LogP contribution < -0.4 is 10.7 Å². The Morgan fingerprint density at radius 2 is 2.13 bits per heavy atom. The molecule has 1 aromatic rings. The van der Waals surface area contributed by atoms with Gasteiger partial charge in [-0.1, -0.05) is 18.2 Å². The van der Waals surface area contributed by atoms with E-state index in [1.165, 1.54) is 4.90 Å². The lowest BCUT2D eigenvalue weighted by Gasteiger charge is -2.42. The molecule has 23 heavy (non-hydrogen) atoms. The number of nitrogens with one attached hydrogen (secondary N) is 2. The molecule has 2 aliphatic rings. The van der Waals surface area contributed by atoms with Gasteiger partial charge in [0.05, 0.1) is 17.0 Å². The summed E-state index contributed by atoms with van der Waals surface area (Å²) in [4.78, 5) is 1.24. The molecule has 2 heterocycles. The first-order chi connectivity index (χ1) is 11.3. The van der Waals surface area contributed by atoms with Crippen LogP contribution in [0.3, 0.4) is 0 Å². The molecule has 0 radical (unpaired) electrons. The Hall–Kier alpha value is -1.52. The van der Waals surface area contributed by atoms with E-state index in [9.17, 15) is 5.26 Å². The zero-order valence-corrected chi connectivity index (χ0v) is 13.8. The molecule has 0 saturated carbocycles. The number of rotatable bonds is 6. The van der Waals surface area contributed by atoms with Crippen molar-refractivity contribution in [3.05, 3.63) is 42.1 Å². The second kappa shape index (κ2) is 7.84. The minimum Gasteiger partial charge on any atom is -0.396 e. The summed E-state index contributed by atoms with van der Waals surface area (Å²) in [7, 11) is 0. The number of benzene rings is 1. The van der Waals surface area contributed by atoms with Crippen LogP contribution in [-0.2, 0) is 0 Å². The molecule has 1 fully saturated rings. The molecule has 3 N–H and O–H groups in total. The lowest BCUT2D eigenvalue weighted by atomic mass is 10.0. The molecule has 0 bridgehead atoms. The first kappa shape index (κ1) is 16.3. The van der Waals surface area contributed by atoms with Gasteiger partial charge < -0.3 is 10.5 Å². The van der Waals surface area contributed by atoms with Crippen LogP contribution in [0.25, 0.3) is 0 Å². The molecule has 122 valence electrons. The van der Waals surface area contributed by atoms with E-state index in [0.717, 1.165) is 31.3 Å². The molecule has 0 amide bonds. The number of aliphatic hydroxyl groups excluding tert-OH is 1. The molecule has 5 nitrogen and oxygen atoms in total. The van der Waals surface area contributed by atoms with Crippen LogP contribution >= 0.6 is 11.8 Å². The van der Waals surface area contributed by atoms with Crippen molar-refractivity contribution in [2.24, 2.45) is 0 Å². The Bertz CT molecular complexity index is 586. The van der Waals surface area contributed by atoms with E-state index in [1.807, 2.05) is 17.8 Å². The maximum Gasteiger partial charge on any atom is 0.117 e. The summed E-state index contributed by atoms with van der Waals surface area (Å²) in [6.45, 7) is 0.245. The molecule has 3 rings (SSSR count). The Morgan fingerprint density at radius 1 is 1.30 bits per heavy atom. The molecule has 3 atom stereocenters. The van der Waals surface area contributed by atoms with Gasteiger partial charge in [0, 0.05) is 23.7 Å². The van der Waals surface area contributed by atoms with Gasteiger partial charge in [0.25, 0.3) is 0 Å². The van der Waals surface area contributed by atoms with Gasteiger partial charge in [-0.3, -0.25) is 5.32 Å². The van der Waals surface area contributed by atoms with E-state index in [-0.39, 0.29) is 18.1 Å². The minimum atomic E-state index is -0.0610. The predicted molar refractivity (Wildman–Crippen MR) is 91.0 cm³/mol. The monoisotopic (exact) mass is 330 g/mol. The van der Waals surface area contributed by atoms with Gasteiger partial charge in [-0.25, -0.2) is 0 Å². The van der Waals surface area contributed by atoms with E-state index >= 15 is 0 Å². The molecular weight excluding hydrogens is 308 g/mol. The number of fused-ring (bicyclic) bond motifs is 1. The largest absolute Gasteiger partial charge is 0.396 e. The molecule has 0 aromatic heterocycles. The number of hydrogen-bond acceptors (Lipinski definition) is 6. The van der Waals surface area contributed by atoms with Crippen molar-refractivity contribution in [3.8, 4) is 6.07 Å². The highest BCUT2D eigenvalue weighted by Gasteiger charge is 2.40. The number of aliphatic hydroxyl groups is 1. The van der Waals surface area contributed by atoms with Crippen molar-refractivity contribution >= 4 is 11.8 Å². The first-order valence-electron chi connectivity index (χ1n) is 8.05. The third kappa shape index (κ3) is 3.88. The smallest absolute Gasteiger partial charge is 0.117 e. The fraction of sp³-hybridized carbons (Fsp3) is 0.471. The molecule has 1 aromatic carbocycles. The van der Waals surface area contributed by atoms with Gasteiger partial charge in [0.2, 0.25) is 0 Å². The van der Waals surface area contributed by atoms with Crippen LogP contribution in [0.15, 0.2) is 47.0 Å². The Kier molecular flexibility index (Phi) is 5.57. The van der Waals surface area contributed by atoms with Gasteiger partial charge in [-0.2, -0.15) is 10.3 Å². The van der Waals surface area contributed by atoms with E-state index in [2.05, 4.69) is 46.1 Å². The van der Waals surface area contributed by atoms with Crippen LogP contribution in [0.4, 0.5) is 0 Å². The SMILES string of the molecule is N#CC1=CNN2C(Sc3ccccc3)CC(CCCCO)NC12. The van der Waals surface area contributed by atoms with E-state index in [4.69, 9.17) is 5.11 Å². The normalized spacial score (nSPS) is 27.0. The molecular formula is C17H22N4OS. The quantitative estimate of drug-likeness (QED) is 0.695. The first-order valence-corrected chi connectivity index (χ1v) is 8.93. The number of hydrogen-bond donors (Lipinski definition) is 3. The molecule has 0 spiro atoms. The Labute approximate surface area is 141 Å². The minimum absolute atomic E-state index is 0.0610. The Balaban J connectivity index is 1.70. The standard InChI is InChI=1S/C17H22N4OS/c18-11-13-12-19-21-16(23-15-7-2-1-3-8-15)10-14(20-17(13)21)6-4-5-9-22/h1-3,7-8,12,14,16-17,19-20,22H,4-6,9-10H2. The lowest BCUT2D eigenvalue weighted by Crippen LogP contribution is -2.60. The average molecular weight is 330 g/mol. The maximum absolute atomic E-state index is 9.32. The van der Waals surface area contributed by atoms with Gasteiger partial charge in [-0.05, 0) is 37.8 Å². The summed E-state index contributed by atoms with van der Waals surface area (Å²) in [5.74, 6) is 0. The number of unbranched alkanes of at least 4 members (excludes halogenated alkanes) is 1. The van der Waals surface area contributed by atoms with E-state index < -0.39 is 0 Å². The summed E-state index contributed by atoms with van der Waals surface area (Å²) >= 11 is 1.83. The highest BCUT2D eigenvalue weighted by atomic mass is 32.2. The molecule has 6 heteroatoms. The van der Waals surface area contributed by atoms with Crippen LogP contribution in [0, 0.1) is 11.3 Å². The van der Waals surface area contributed by atoms with Gasteiger partial charge in [0.1, 0.15) is 6.17 Å². The molecule has 1 saturated heterocycles. The maximum atomic E-state index is 9.32. The van der Waals surface area contributed by atoms with E-state index in [1.54, 1.807) is 6.20 Å². The van der Waals surface area contributed by atoms with Crippen LogP contribution in [-0.4, -0.2) is 34.3 Å². The highest BCUT2D eigenvalue weighted by Crippen LogP contribution is 2.35. The van der Waals surface area contributed by atoms with Gasteiger partial charge in [-0.15, -0.1) is 11.8 Å². The second-order valence-electron chi connectivity index (χ2n) is 5.85. The summed E-state index contributed by atoms with van der Waals surface area (Å²) in [5, 5.41) is 24.3. The Morgan fingerprint density at radius 3 is 2.87 bits per heavy atom. The number of thioether (sulfide) groups is 1. The van der Waals surface area contributed by atoms with Gasteiger partial charge >= 0.3 is 0 Å². The molecule has 3 unspecified atom stereocenters. The lowest BCUT2D eigenvalue weighted by molar-refractivity contribution is 0.0898. The summed E-state index contributed by atoms with van der Waals surface area (Å²) in [5.41, 5.74) is 3.98. The zero-order chi connectivity index (χ0) is 16.1. The topological polar surface area (TPSA) is 71.3 Å². The fourth-order valence-corrected chi connectivity index (χ4v) is 4.33. The van der Waals surface area contributed by atoms with Crippen LogP contribution in [0.2, 0.25) is 0 Å². The molecule has 2 aliphatic heterocycles. The highest BCUT2D eigenvalue weighted by molar-refractivity contribution is 7.99. The third-order valence-corrected chi connectivity index (χ3v) is 5.47. The molecule has 0 aliphatic carbocycles. The second-order valence-corrected chi connectivity index (χ2v) is 7.11. The summed E-state index contributed by atoms with van der Waals surface area (Å²) < 4.78 is 0. The summed E-state index contributed by atoms with van der Waals surface area (Å²) in [6, 6.07) is 13.0. The fourth-order valence-electron chi connectivity index (χ4n) is 3.07. The summed E-state index contributed by atoms with van der Waals surface area (Å²) in [6.07, 6.45) is 5.60. The van der Waals surface area contributed by atoms with Crippen molar-refractivity contribution in [2.75, 3.05) is 6.61 Å². The van der Waals surface area contributed by atoms with Crippen molar-refractivity contribution in [3.63, 3.8) is 0 Å². The third-order valence-electron chi connectivity index (χ3n) is 4.24. The van der Waals surface area contributed by atoms with Crippen LogP contribution in [0.1, 0.15) is 25.7 Å². The number of hydrazine groups is 1. The average Bonchev–Trinajstić information content (AvgIpc) is 2.99.